The zero-order chi connectivity index (χ0) is 14.4. The second kappa shape index (κ2) is 6.78. The third-order valence-electron chi connectivity index (χ3n) is 2.98. The van der Waals surface area contributed by atoms with Crippen LogP contribution in [0.4, 0.5) is 5.69 Å². The summed E-state index contributed by atoms with van der Waals surface area (Å²) in [5, 5.41) is 13.5. The Labute approximate surface area is 122 Å². The van der Waals surface area contributed by atoms with Crippen molar-refractivity contribution in [1.82, 2.24) is 0 Å². The summed E-state index contributed by atoms with van der Waals surface area (Å²) < 4.78 is 0. The molecule has 0 saturated carbocycles. The van der Waals surface area contributed by atoms with Crippen LogP contribution in [0.1, 0.15) is 18.4 Å². The molecular weight excluding hydrogens is 268 g/mol. The highest BCUT2D eigenvalue weighted by Gasteiger charge is 2.14. The van der Waals surface area contributed by atoms with Crippen molar-refractivity contribution in [3.8, 4) is 5.40 Å². The van der Waals surface area contributed by atoms with Crippen molar-refractivity contribution in [2.45, 2.75) is 17.7 Å². The van der Waals surface area contributed by atoms with E-state index in [1.165, 1.54) is 0 Å². The maximum absolute atomic E-state index is 12.2. The minimum atomic E-state index is -0.204. The summed E-state index contributed by atoms with van der Waals surface area (Å²) in [7, 11) is 0. The summed E-state index contributed by atoms with van der Waals surface area (Å²) in [4.78, 5) is 13.0. The molecule has 0 bridgehead atoms. The Morgan fingerprint density at radius 1 is 1.15 bits per heavy atom. The monoisotopic (exact) mass is 282 g/mol. The maximum atomic E-state index is 12.2. The summed E-state index contributed by atoms with van der Waals surface area (Å²) in [6.07, 6.45) is 0. The molecule has 0 aromatic heterocycles. The van der Waals surface area contributed by atoms with Crippen LogP contribution < -0.4 is 5.32 Å². The van der Waals surface area contributed by atoms with Crippen LogP contribution in [-0.4, -0.2) is 5.91 Å². The Kier molecular flexibility index (Phi) is 4.80. The molecule has 100 valence electrons. The molecule has 0 heterocycles. The van der Waals surface area contributed by atoms with Crippen molar-refractivity contribution in [3.05, 3.63) is 60.2 Å². The predicted octanol–water partition coefficient (Wildman–Crippen LogP) is 4.00. The number of thioether (sulfide) groups is 1. The van der Waals surface area contributed by atoms with Crippen LogP contribution in [0.15, 0.2) is 59.5 Å². The molecule has 2 aromatic rings. The van der Waals surface area contributed by atoms with Gasteiger partial charge in [0.15, 0.2) is 0 Å². The molecule has 0 aliphatic carbocycles. The van der Waals surface area contributed by atoms with Gasteiger partial charge in [-0.15, -0.1) is 0 Å². The third-order valence-corrected chi connectivity index (χ3v) is 3.58. The molecule has 1 N–H and O–H groups in total. The standard InChI is InChI=1S/C16H14N2OS/c1-12(13-5-3-2-4-6-13)16(19)18-14-7-9-15(10-8-14)20-11-17/h2-10,12H,1H3,(H,18,19)/t12-/m0/s1. The fourth-order valence-electron chi connectivity index (χ4n) is 1.80. The van der Waals surface area contributed by atoms with Gasteiger partial charge in [0.2, 0.25) is 5.91 Å². The van der Waals surface area contributed by atoms with Crippen molar-refractivity contribution in [2.24, 2.45) is 0 Å². The number of rotatable bonds is 4. The van der Waals surface area contributed by atoms with Gasteiger partial charge in [-0.3, -0.25) is 4.79 Å². The van der Waals surface area contributed by atoms with E-state index in [0.29, 0.717) is 0 Å². The Hall–Kier alpha value is -2.25. The van der Waals surface area contributed by atoms with Gasteiger partial charge in [0.05, 0.1) is 5.92 Å². The number of hydrogen-bond acceptors (Lipinski definition) is 3. The second-order valence-corrected chi connectivity index (χ2v) is 5.20. The van der Waals surface area contributed by atoms with Gasteiger partial charge in [-0.1, -0.05) is 30.3 Å². The molecule has 0 unspecified atom stereocenters. The van der Waals surface area contributed by atoms with E-state index >= 15 is 0 Å². The SMILES string of the molecule is C[C@H](C(=O)Nc1ccc(SC#N)cc1)c1ccccc1. The largest absolute Gasteiger partial charge is 0.326 e. The van der Waals surface area contributed by atoms with Gasteiger partial charge in [0, 0.05) is 10.6 Å². The average Bonchev–Trinajstić information content (AvgIpc) is 2.49. The molecule has 0 fully saturated rings. The van der Waals surface area contributed by atoms with Crippen LogP contribution in [-0.2, 0) is 4.79 Å². The molecule has 2 rings (SSSR count). The molecular formula is C16H14N2OS. The summed E-state index contributed by atoms with van der Waals surface area (Å²) in [6, 6.07) is 16.9. The lowest BCUT2D eigenvalue weighted by molar-refractivity contribution is -0.117. The first-order valence-corrected chi connectivity index (χ1v) is 7.04. The van der Waals surface area contributed by atoms with E-state index in [9.17, 15) is 4.79 Å². The number of nitriles is 1. The molecule has 3 nitrogen and oxygen atoms in total. The molecule has 1 atom stereocenters. The van der Waals surface area contributed by atoms with Crippen molar-refractivity contribution in [1.29, 1.82) is 5.26 Å². The van der Waals surface area contributed by atoms with Crippen LogP contribution in [0, 0.1) is 10.7 Å². The van der Waals surface area contributed by atoms with Crippen molar-refractivity contribution < 1.29 is 4.79 Å². The van der Waals surface area contributed by atoms with Gasteiger partial charge in [0.25, 0.3) is 0 Å². The minimum absolute atomic E-state index is 0.0445. The second-order valence-electron chi connectivity index (χ2n) is 4.34. The van der Waals surface area contributed by atoms with E-state index in [-0.39, 0.29) is 11.8 Å². The molecule has 4 heteroatoms. The number of carbonyl (C=O) groups excluding carboxylic acids is 1. The minimum Gasteiger partial charge on any atom is -0.326 e. The Morgan fingerprint density at radius 3 is 2.40 bits per heavy atom. The van der Waals surface area contributed by atoms with E-state index < -0.39 is 0 Å². The normalized spacial score (nSPS) is 11.4. The van der Waals surface area contributed by atoms with Crippen LogP contribution in [0.3, 0.4) is 0 Å². The first-order chi connectivity index (χ1) is 9.70. The zero-order valence-electron chi connectivity index (χ0n) is 11.0. The van der Waals surface area contributed by atoms with E-state index in [1.807, 2.05) is 54.8 Å². The van der Waals surface area contributed by atoms with Gasteiger partial charge in [-0.2, -0.15) is 5.26 Å². The number of nitrogens with zero attached hydrogens (tertiary/aromatic N) is 1. The Bertz CT molecular complexity index is 617. The number of benzene rings is 2. The number of nitrogens with one attached hydrogen (secondary N) is 1. The smallest absolute Gasteiger partial charge is 0.231 e. The van der Waals surface area contributed by atoms with Gasteiger partial charge in [-0.05, 0) is 48.5 Å². The molecule has 0 spiro atoms. The lowest BCUT2D eigenvalue weighted by Gasteiger charge is -2.12. The summed E-state index contributed by atoms with van der Waals surface area (Å²) in [6.45, 7) is 1.88. The molecule has 0 saturated heterocycles. The summed E-state index contributed by atoms with van der Waals surface area (Å²) in [5.41, 5.74) is 1.72. The number of anilines is 1. The van der Waals surface area contributed by atoms with Crippen molar-refractivity contribution >= 4 is 23.4 Å². The molecule has 1 amide bonds. The predicted molar refractivity (Wildman–Crippen MR) is 81.4 cm³/mol. The highest BCUT2D eigenvalue weighted by molar-refractivity contribution is 8.03. The fraction of sp³-hybridized carbons (Fsp3) is 0.125. The topological polar surface area (TPSA) is 52.9 Å². The number of thiocyanates is 1. The van der Waals surface area contributed by atoms with Crippen molar-refractivity contribution in [2.75, 3.05) is 5.32 Å². The lowest BCUT2D eigenvalue weighted by Crippen LogP contribution is -2.18. The quantitative estimate of drug-likeness (QED) is 0.681. The summed E-state index contributed by atoms with van der Waals surface area (Å²) in [5.74, 6) is -0.249. The van der Waals surface area contributed by atoms with E-state index in [2.05, 4.69) is 5.32 Å². The van der Waals surface area contributed by atoms with Crippen LogP contribution >= 0.6 is 11.8 Å². The molecule has 20 heavy (non-hydrogen) atoms. The van der Waals surface area contributed by atoms with Crippen LogP contribution in [0.5, 0.6) is 0 Å². The maximum Gasteiger partial charge on any atom is 0.231 e. The van der Waals surface area contributed by atoms with Crippen LogP contribution in [0.2, 0.25) is 0 Å². The molecule has 0 aliphatic rings. The van der Waals surface area contributed by atoms with Crippen molar-refractivity contribution in [3.63, 3.8) is 0 Å². The van der Waals surface area contributed by atoms with Crippen LogP contribution in [0.25, 0.3) is 0 Å². The third kappa shape index (κ3) is 3.62. The van der Waals surface area contributed by atoms with E-state index in [0.717, 1.165) is 27.9 Å². The highest BCUT2D eigenvalue weighted by atomic mass is 32.2. The number of amides is 1. The lowest BCUT2D eigenvalue weighted by atomic mass is 10.0. The van der Waals surface area contributed by atoms with Gasteiger partial charge < -0.3 is 5.32 Å². The zero-order valence-corrected chi connectivity index (χ0v) is 11.9. The first-order valence-electron chi connectivity index (χ1n) is 6.22. The number of carbonyl (C=O) groups is 1. The van der Waals surface area contributed by atoms with E-state index in [1.54, 1.807) is 12.1 Å². The van der Waals surface area contributed by atoms with Gasteiger partial charge >= 0.3 is 0 Å². The molecule has 0 radical (unpaired) electrons. The highest BCUT2D eigenvalue weighted by Crippen LogP contribution is 2.21. The average molecular weight is 282 g/mol. The van der Waals surface area contributed by atoms with Gasteiger partial charge in [-0.25, -0.2) is 0 Å². The molecule has 0 aliphatic heterocycles. The fourth-order valence-corrected chi connectivity index (χ4v) is 2.18. The summed E-state index contributed by atoms with van der Waals surface area (Å²) >= 11 is 1.10. The Morgan fingerprint density at radius 2 is 1.80 bits per heavy atom. The number of hydrogen-bond donors (Lipinski definition) is 1. The molecule has 2 aromatic carbocycles. The first kappa shape index (κ1) is 14.2. The van der Waals surface area contributed by atoms with E-state index in [4.69, 9.17) is 5.26 Å². The van der Waals surface area contributed by atoms with Gasteiger partial charge in [0.1, 0.15) is 5.40 Å². The Balaban J connectivity index is 2.03.